The lowest BCUT2D eigenvalue weighted by Crippen LogP contribution is -2.23. The summed E-state index contributed by atoms with van der Waals surface area (Å²) in [4.78, 5) is 31.6. The summed E-state index contributed by atoms with van der Waals surface area (Å²) in [6, 6.07) is 15.7. The Balaban J connectivity index is 1.48. The number of thiazole rings is 1. The number of benzene rings is 2. The minimum Gasteiger partial charge on any atom is -0.321 e. The van der Waals surface area contributed by atoms with E-state index in [1.165, 1.54) is 16.9 Å². The third kappa shape index (κ3) is 4.07. The quantitative estimate of drug-likeness (QED) is 0.645. The van der Waals surface area contributed by atoms with Crippen LogP contribution >= 0.6 is 11.3 Å². The van der Waals surface area contributed by atoms with Gasteiger partial charge in [-0.25, -0.2) is 4.98 Å². The summed E-state index contributed by atoms with van der Waals surface area (Å²) < 4.78 is 0. The van der Waals surface area contributed by atoms with Crippen molar-refractivity contribution >= 4 is 34.5 Å². The molecule has 0 atom stereocenters. The fourth-order valence-electron chi connectivity index (χ4n) is 3.45. The first-order valence-corrected chi connectivity index (χ1v) is 10.7. The van der Waals surface area contributed by atoms with Gasteiger partial charge in [-0.15, -0.1) is 11.3 Å². The molecule has 1 fully saturated rings. The third-order valence-corrected chi connectivity index (χ3v) is 6.33. The van der Waals surface area contributed by atoms with Gasteiger partial charge in [0.15, 0.2) is 0 Å². The summed E-state index contributed by atoms with van der Waals surface area (Å²) in [7, 11) is 0. The van der Waals surface area contributed by atoms with Gasteiger partial charge < -0.3 is 10.2 Å². The number of hydrogen-bond donors (Lipinski definition) is 1. The molecule has 148 valence electrons. The number of nitrogens with one attached hydrogen (secondary N) is 1. The van der Waals surface area contributed by atoms with Crippen LogP contribution in [0.15, 0.2) is 48.5 Å². The highest BCUT2D eigenvalue weighted by Gasteiger charge is 2.22. The molecular formula is C23H23N3O2S. The predicted molar refractivity (Wildman–Crippen MR) is 118 cm³/mol. The maximum absolute atomic E-state index is 12.8. The normalized spacial score (nSPS) is 13.7. The maximum Gasteiger partial charge on any atom is 0.267 e. The lowest BCUT2D eigenvalue weighted by atomic mass is 10.1. The van der Waals surface area contributed by atoms with Gasteiger partial charge in [-0.05, 0) is 49.6 Å². The molecule has 0 aliphatic carbocycles. The summed E-state index contributed by atoms with van der Waals surface area (Å²) in [5, 5.41) is 3.78. The molecule has 0 radical (unpaired) electrons. The van der Waals surface area contributed by atoms with Crippen LogP contribution < -0.4 is 10.2 Å². The van der Waals surface area contributed by atoms with Crippen LogP contribution in [0.4, 0.5) is 11.4 Å². The van der Waals surface area contributed by atoms with Gasteiger partial charge in [0.25, 0.3) is 5.91 Å². The number of rotatable bonds is 5. The first-order valence-electron chi connectivity index (χ1n) is 9.83. The second kappa shape index (κ2) is 8.17. The molecule has 2 aromatic carbocycles. The number of aryl methyl sites for hydroxylation is 2. The standard InChI is InChI=1S/C23H23N3O2S/c1-3-16-6-8-17(9-7-16)23-24-15(2)21(29-23)22(28)25-18-10-12-19(13-11-18)26-14-4-5-20(26)27/h6-13H,3-5,14H2,1-2H3,(H,25,28). The molecule has 1 aliphatic heterocycles. The van der Waals surface area contributed by atoms with Gasteiger partial charge in [-0.1, -0.05) is 31.2 Å². The Morgan fingerprint density at radius 2 is 1.86 bits per heavy atom. The lowest BCUT2D eigenvalue weighted by molar-refractivity contribution is -0.117. The van der Waals surface area contributed by atoms with Gasteiger partial charge in [0, 0.05) is 29.9 Å². The molecule has 0 unspecified atom stereocenters. The molecule has 4 rings (SSSR count). The SMILES string of the molecule is CCc1ccc(-c2nc(C)c(C(=O)Nc3ccc(N4CCCC4=O)cc3)s2)cc1. The van der Waals surface area contributed by atoms with Crippen molar-refractivity contribution in [3.8, 4) is 10.6 Å². The number of amides is 2. The second-order valence-electron chi connectivity index (χ2n) is 7.13. The Morgan fingerprint density at radius 1 is 1.14 bits per heavy atom. The van der Waals surface area contributed by atoms with Gasteiger partial charge in [0.05, 0.1) is 5.69 Å². The Bertz CT molecular complexity index is 1040. The van der Waals surface area contributed by atoms with E-state index < -0.39 is 0 Å². The van der Waals surface area contributed by atoms with E-state index in [4.69, 9.17) is 0 Å². The van der Waals surface area contributed by atoms with E-state index in [1.54, 1.807) is 4.90 Å². The van der Waals surface area contributed by atoms with E-state index in [0.29, 0.717) is 17.0 Å². The molecular weight excluding hydrogens is 382 g/mol. The third-order valence-electron chi connectivity index (χ3n) is 5.12. The van der Waals surface area contributed by atoms with E-state index in [1.807, 2.05) is 31.2 Å². The Kier molecular flexibility index (Phi) is 5.45. The lowest BCUT2D eigenvalue weighted by Gasteiger charge is -2.16. The van der Waals surface area contributed by atoms with E-state index in [9.17, 15) is 9.59 Å². The largest absolute Gasteiger partial charge is 0.321 e. The fourth-order valence-corrected chi connectivity index (χ4v) is 4.41. The molecule has 0 saturated carbocycles. The second-order valence-corrected chi connectivity index (χ2v) is 8.13. The molecule has 0 spiro atoms. The highest BCUT2D eigenvalue weighted by Crippen LogP contribution is 2.29. The van der Waals surface area contributed by atoms with Crippen molar-refractivity contribution in [2.45, 2.75) is 33.1 Å². The van der Waals surface area contributed by atoms with E-state index in [-0.39, 0.29) is 11.8 Å². The summed E-state index contributed by atoms with van der Waals surface area (Å²) in [6.45, 7) is 4.74. The van der Waals surface area contributed by atoms with Gasteiger partial charge in [-0.2, -0.15) is 0 Å². The van der Waals surface area contributed by atoms with Crippen LogP contribution in [0, 0.1) is 6.92 Å². The number of aromatic nitrogens is 1. The van der Waals surface area contributed by atoms with Crippen molar-refractivity contribution < 1.29 is 9.59 Å². The molecule has 6 heteroatoms. The highest BCUT2D eigenvalue weighted by atomic mass is 32.1. The summed E-state index contributed by atoms with van der Waals surface area (Å²) in [6.07, 6.45) is 2.49. The van der Waals surface area contributed by atoms with Crippen molar-refractivity contribution in [2.24, 2.45) is 0 Å². The van der Waals surface area contributed by atoms with Gasteiger partial charge in [0.1, 0.15) is 9.88 Å². The zero-order valence-corrected chi connectivity index (χ0v) is 17.4. The molecule has 2 heterocycles. The van der Waals surface area contributed by atoms with Crippen molar-refractivity contribution in [1.82, 2.24) is 4.98 Å². The van der Waals surface area contributed by atoms with Crippen molar-refractivity contribution in [1.29, 1.82) is 0 Å². The maximum atomic E-state index is 12.8. The average Bonchev–Trinajstić information content (AvgIpc) is 3.34. The van der Waals surface area contributed by atoms with Crippen molar-refractivity contribution in [3.63, 3.8) is 0 Å². The highest BCUT2D eigenvalue weighted by molar-refractivity contribution is 7.17. The number of carbonyl (C=O) groups excluding carboxylic acids is 2. The van der Waals surface area contributed by atoms with E-state index in [2.05, 4.69) is 41.5 Å². The zero-order valence-electron chi connectivity index (χ0n) is 16.6. The van der Waals surface area contributed by atoms with Crippen LogP contribution in [-0.2, 0) is 11.2 Å². The topological polar surface area (TPSA) is 62.3 Å². The molecule has 1 aliphatic rings. The van der Waals surface area contributed by atoms with Crippen LogP contribution in [0.2, 0.25) is 0 Å². The van der Waals surface area contributed by atoms with E-state index in [0.717, 1.165) is 41.3 Å². The van der Waals surface area contributed by atoms with E-state index >= 15 is 0 Å². The number of hydrogen-bond acceptors (Lipinski definition) is 4. The molecule has 3 aromatic rings. The Hall–Kier alpha value is -2.99. The fraction of sp³-hybridized carbons (Fsp3) is 0.261. The molecule has 1 aromatic heterocycles. The number of nitrogens with zero attached hydrogens (tertiary/aromatic N) is 2. The van der Waals surface area contributed by atoms with Crippen LogP contribution in [0.1, 0.15) is 40.7 Å². The monoisotopic (exact) mass is 405 g/mol. The summed E-state index contributed by atoms with van der Waals surface area (Å²) >= 11 is 1.40. The minimum absolute atomic E-state index is 0.154. The van der Waals surface area contributed by atoms with Crippen LogP contribution in [-0.4, -0.2) is 23.3 Å². The number of carbonyl (C=O) groups is 2. The zero-order chi connectivity index (χ0) is 20.4. The summed E-state index contributed by atoms with van der Waals surface area (Å²) in [5.74, 6) is -0.0111. The minimum atomic E-state index is -0.165. The van der Waals surface area contributed by atoms with Crippen LogP contribution in [0.5, 0.6) is 0 Å². The van der Waals surface area contributed by atoms with Crippen LogP contribution in [0.25, 0.3) is 10.6 Å². The molecule has 0 bridgehead atoms. The Labute approximate surface area is 174 Å². The molecule has 2 amide bonds. The van der Waals surface area contributed by atoms with Crippen LogP contribution in [0.3, 0.4) is 0 Å². The first kappa shape index (κ1) is 19.3. The average molecular weight is 406 g/mol. The first-order chi connectivity index (χ1) is 14.0. The van der Waals surface area contributed by atoms with Crippen molar-refractivity contribution in [2.75, 3.05) is 16.8 Å². The summed E-state index contributed by atoms with van der Waals surface area (Å²) in [5.41, 5.74) is 4.60. The van der Waals surface area contributed by atoms with Gasteiger partial charge >= 0.3 is 0 Å². The molecule has 29 heavy (non-hydrogen) atoms. The van der Waals surface area contributed by atoms with Gasteiger partial charge in [-0.3, -0.25) is 9.59 Å². The Morgan fingerprint density at radius 3 is 2.48 bits per heavy atom. The molecule has 1 N–H and O–H groups in total. The number of anilines is 2. The smallest absolute Gasteiger partial charge is 0.267 e. The predicted octanol–water partition coefficient (Wildman–Crippen LogP) is 5.06. The van der Waals surface area contributed by atoms with Gasteiger partial charge in [0.2, 0.25) is 5.91 Å². The van der Waals surface area contributed by atoms with Crippen molar-refractivity contribution in [3.05, 3.63) is 64.7 Å². The molecule has 5 nitrogen and oxygen atoms in total. The molecule has 1 saturated heterocycles.